The summed E-state index contributed by atoms with van der Waals surface area (Å²) in [6, 6.07) is -0.253. The average molecular weight is 512 g/mol. The molecule has 13 atom stereocenters. The van der Waals surface area contributed by atoms with E-state index in [2.05, 4.69) is 52.8 Å². The summed E-state index contributed by atoms with van der Waals surface area (Å²) in [4.78, 5) is 12.5. The second-order valence-corrected chi connectivity index (χ2v) is 16.5. The fourth-order valence-electron chi connectivity index (χ4n) is 13.9. The van der Waals surface area contributed by atoms with E-state index in [0.717, 1.165) is 57.8 Å². The summed E-state index contributed by atoms with van der Waals surface area (Å²) in [5.74, 6) is 1.42. The number of aliphatic hydroxyl groups is 3. The Morgan fingerprint density at radius 2 is 1.68 bits per heavy atom. The van der Waals surface area contributed by atoms with Crippen molar-refractivity contribution in [3.63, 3.8) is 0 Å². The summed E-state index contributed by atoms with van der Waals surface area (Å²) in [6.45, 7) is 14.4. The van der Waals surface area contributed by atoms with Crippen LogP contribution in [0.4, 0.5) is 0 Å². The molecule has 1 spiro atoms. The lowest BCUT2D eigenvalue weighted by Gasteiger charge is -2.84. The molecule has 0 aliphatic heterocycles. The van der Waals surface area contributed by atoms with Crippen molar-refractivity contribution in [2.45, 2.75) is 118 Å². The first-order valence-corrected chi connectivity index (χ1v) is 15.3. The molecule has 5 nitrogen and oxygen atoms in total. The van der Waals surface area contributed by atoms with Crippen molar-refractivity contribution in [1.29, 1.82) is 0 Å². The molecule has 9 rings (SSSR count). The van der Waals surface area contributed by atoms with Crippen molar-refractivity contribution in [2.75, 3.05) is 6.61 Å². The molecule has 8 fully saturated rings. The first-order chi connectivity index (χ1) is 17.3. The van der Waals surface area contributed by atoms with E-state index in [9.17, 15) is 20.2 Å². The van der Waals surface area contributed by atoms with Crippen molar-refractivity contribution in [3.8, 4) is 0 Å². The summed E-state index contributed by atoms with van der Waals surface area (Å²) in [5, 5.41) is 37.3. The zero-order valence-corrected chi connectivity index (χ0v) is 23.9. The third-order valence-electron chi connectivity index (χ3n) is 15.9. The lowest BCUT2D eigenvalue weighted by molar-refractivity contribution is -0.371. The van der Waals surface area contributed by atoms with Crippen LogP contribution in [0.15, 0.2) is 16.8 Å². The minimum absolute atomic E-state index is 0.0341. The monoisotopic (exact) mass is 511 g/mol. The quantitative estimate of drug-likeness (QED) is 0.320. The van der Waals surface area contributed by atoms with Gasteiger partial charge in [-0.1, -0.05) is 58.4 Å². The van der Waals surface area contributed by atoms with E-state index in [4.69, 9.17) is 0 Å². The maximum atomic E-state index is 12.5. The van der Waals surface area contributed by atoms with Gasteiger partial charge in [0.05, 0.1) is 18.8 Å². The summed E-state index contributed by atoms with van der Waals surface area (Å²) in [5.41, 5.74) is 0.557. The maximum absolute atomic E-state index is 12.5. The predicted molar refractivity (Wildman–Crippen MR) is 143 cm³/mol. The van der Waals surface area contributed by atoms with Crippen molar-refractivity contribution in [2.24, 2.45) is 66.8 Å². The Morgan fingerprint density at radius 3 is 2.35 bits per heavy atom. The van der Waals surface area contributed by atoms with E-state index in [0.29, 0.717) is 17.8 Å². The SMILES string of the molecule is CC1(CO)C(O)CCC2(C)C1CCC1(C)C2CC=C2C3CC(C)(C)C45CCC(CC21C)C3(C4O)C5N=O. The number of aliphatic hydroxyl groups excluding tert-OH is 3. The average Bonchev–Trinajstić information content (AvgIpc) is 2.84. The van der Waals surface area contributed by atoms with Crippen molar-refractivity contribution < 1.29 is 15.3 Å². The van der Waals surface area contributed by atoms with E-state index in [1.54, 1.807) is 5.57 Å². The molecule has 8 saturated carbocycles. The fourth-order valence-corrected chi connectivity index (χ4v) is 13.9. The third kappa shape index (κ3) is 2.26. The highest BCUT2D eigenvalue weighted by Gasteiger charge is 2.87. The Kier molecular flexibility index (Phi) is 4.71. The number of fused-ring (bicyclic) bond motifs is 7. The van der Waals surface area contributed by atoms with Gasteiger partial charge in [0.25, 0.3) is 0 Å². The van der Waals surface area contributed by atoms with Crippen molar-refractivity contribution >= 4 is 0 Å². The van der Waals surface area contributed by atoms with Crippen LogP contribution in [0.5, 0.6) is 0 Å². The smallest absolute Gasteiger partial charge is 0.109 e. The van der Waals surface area contributed by atoms with Crippen LogP contribution in [0.3, 0.4) is 0 Å². The molecule has 0 radical (unpaired) electrons. The molecule has 0 saturated heterocycles. The van der Waals surface area contributed by atoms with Gasteiger partial charge in [0.15, 0.2) is 0 Å². The zero-order valence-electron chi connectivity index (χ0n) is 23.9. The number of nitroso groups, excluding NO2 is 1. The summed E-state index contributed by atoms with van der Waals surface area (Å²) in [6.07, 6.45) is 10.9. The Hall–Kier alpha value is -0.780. The van der Waals surface area contributed by atoms with Crippen LogP contribution >= 0.6 is 0 Å². The van der Waals surface area contributed by atoms with Gasteiger partial charge in [-0.3, -0.25) is 0 Å². The molecular weight excluding hydrogens is 462 g/mol. The molecule has 9 aliphatic rings. The lowest BCUT2D eigenvalue weighted by Crippen LogP contribution is -2.87. The van der Waals surface area contributed by atoms with E-state index < -0.39 is 17.6 Å². The molecular formula is C32H49NO4. The highest BCUT2D eigenvalue weighted by atomic mass is 16.3. The van der Waals surface area contributed by atoms with Gasteiger partial charge < -0.3 is 15.3 Å². The number of nitrogens with zero attached hydrogens (tertiary/aromatic N) is 1. The topological polar surface area (TPSA) is 90.1 Å². The minimum atomic E-state index is -0.436. The highest BCUT2D eigenvalue weighted by molar-refractivity contribution is 5.44. The van der Waals surface area contributed by atoms with Crippen LogP contribution in [-0.2, 0) is 0 Å². The van der Waals surface area contributed by atoms with Crippen LogP contribution in [0.2, 0.25) is 0 Å². The van der Waals surface area contributed by atoms with Gasteiger partial charge in [0.2, 0.25) is 0 Å². The molecule has 206 valence electrons. The van der Waals surface area contributed by atoms with Gasteiger partial charge in [0.1, 0.15) is 6.04 Å². The van der Waals surface area contributed by atoms with Gasteiger partial charge in [-0.15, -0.1) is 0 Å². The van der Waals surface area contributed by atoms with Gasteiger partial charge in [-0.25, -0.2) is 0 Å². The number of hydrogen-bond acceptors (Lipinski definition) is 5. The Balaban J connectivity index is 1.36. The first kappa shape index (κ1) is 25.2. The van der Waals surface area contributed by atoms with Gasteiger partial charge in [-0.2, -0.15) is 4.91 Å². The summed E-state index contributed by atoms with van der Waals surface area (Å²) in [7, 11) is 0. The van der Waals surface area contributed by atoms with E-state index in [-0.39, 0.29) is 51.1 Å². The predicted octanol–water partition coefficient (Wildman–Crippen LogP) is 5.86. The first-order valence-electron chi connectivity index (χ1n) is 15.3. The van der Waals surface area contributed by atoms with Crippen LogP contribution in [0.1, 0.15) is 99.3 Å². The maximum Gasteiger partial charge on any atom is 0.109 e. The largest absolute Gasteiger partial charge is 0.396 e. The van der Waals surface area contributed by atoms with Crippen LogP contribution in [0, 0.1) is 66.5 Å². The highest BCUT2D eigenvalue weighted by Crippen LogP contribution is 2.86. The number of rotatable bonds is 2. The second kappa shape index (κ2) is 6.92. The van der Waals surface area contributed by atoms with Crippen LogP contribution in [0.25, 0.3) is 0 Å². The summed E-state index contributed by atoms with van der Waals surface area (Å²) >= 11 is 0. The van der Waals surface area contributed by atoms with Crippen molar-refractivity contribution in [1.82, 2.24) is 0 Å². The molecule has 3 N–H and O–H groups in total. The minimum Gasteiger partial charge on any atom is -0.396 e. The van der Waals surface area contributed by atoms with Gasteiger partial charge in [0, 0.05) is 16.2 Å². The van der Waals surface area contributed by atoms with E-state index in [1.165, 1.54) is 0 Å². The zero-order chi connectivity index (χ0) is 26.6. The molecule has 0 amide bonds. The van der Waals surface area contributed by atoms with E-state index >= 15 is 0 Å². The Bertz CT molecular complexity index is 1090. The van der Waals surface area contributed by atoms with Crippen LogP contribution in [-0.4, -0.2) is 40.2 Å². The molecule has 37 heavy (non-hydrogen) atoms. The Labute approximate surface area is 222 Å². The van der Waals surface area contributed by atoms with Crippen LogP contribution < -0.4 is 0 Å². The molecule has 0 aromatic heterocycles. The van der Waals surface area contributed by atoms with Crippen molar-refractivity contribution in [3.05, 3.63) is 16.6 Å². The lowest BCUT2D eigenvalue weighted by atomic mass is 9.20. The number of hydrogen-bond donors (Lipinski definition) is 3. The molecule has 2 bridgehead atoms. The standard InChI is InChI=1S/C32H49NO4/c1-26(2)16-20-19-7-8-22-27(3)12-11-23(35)28(4,17-34)21(27)10-13-29(22,5)30(19,6)15-18-9-14-31(26)24(33-37)32(18,20)25(31)36/h7,18,20-25,34-36H,8-17H2,1-6H3. The fraction of sp³-hybridized carbons (Fsp3) is 0.938. The molecule has 9 aliphatic carbocycles. The molecule has 13 unspecified atom stereocenters. The summed E-state index contributed by atoms with van der Waals surface area (Å²) < 4.78 is 0. The molecule has 0 aromatic rings. The van der Waals surface area contributed by atoms with Gasteiger partial charge in [-0.05, 0) is 103 Å². The molecule has 5 heteroatoms. The Morgan fingerprint density at radius 1 is 0.946 bits per heavy atom. The van der Waals surface area contributed by atoms with Gasteiger partial charge >= 0.3 is 0 Å². The third-order valence-corrected chi connectivity index (χ3v) is 15.9. The number of allylic oxidation sites excluding steroid dienone is 2. The van der Waals surface area contributed by atoms with E-state index in [1.807, 2.05) is 0 Å². The molecule has 0 heterocycles. The normalized spacial score (nSPS) is 62.7. The second-order valence-electron chi connectivity index (χ2n) is 16.5. The molecule has 0 aromatic carbocycles.